The first-order valence-corrected chi connectivity index (χ1v) is 7.57. The van der Waals surface area contributed by atoms with E-state index in [1.807, 2.05) is 0 Å². The van der Waals surface area contributed by atoms with Gasteiger partial charge in [-0.25, -0.2) is 4.79 Å². The van der Waals surface area contributed by atoms with Gasteiger partial charge in [0, 0.05) is 25.7 Å². The average Bonchev–Trinajstić information content (AvgIpc) is 2.45. The van der Waals surface area contributed by atoms with Crippen LogP contribution in [0.15, 0.2) is 0 Å². The predicted molar refractivity (Wildman–Crippen MR) is 75.3 cm³/mol. The molecule has 0 spiro atoms. The summed E-state index contributed by atoms with van der Waals surface area (Å²) in [4.78, 5) is 24.7. The second-order valence-corrected chi connectivity index (χ2v) is 6.09. The van der Waals surface area contributed by atoms with E-state index in [2.05, 4.69) is 5.32 Å². The first-order valence-electron chi connectivity index (χ1n) is 7.57. The third-order valence-corrected chi connectivity index (χ3v) is 4.48. The molecule has 0 bridgehead atoms. The number of nitrogens with one attached hydrogen (secondary N) is 1. The van der Waals surface area contributed by atoms with E-state index in [9.17, 15) is 9.59 Å². The van der Waals surface area contributed by atoms with Crippen LogP contribution >= 0.6 is 0 Å². The monoisotopic (exact) mass is 283 g/mol. The van der Waals surface area contributed by atoms with E-state index >= 15 is 0 Å². The van der Waals surface area contributed by atoms with Crippen LogP contribution < -0.4 is 11.1 Å². The lowest BCUT2D eigenvalue weighted by Crippen LogP contribution is -2.50. The molecule has 0 aromatic carbocycles. The number of rotatable bonds is 3. The quantitative estimate of drug-likeness (QED) is 0.720. The van der Waals surface area contributed by atoms with Gasteiger partial charge >= 0.3 is 12.0 Å². The largest absolute Gasteiger partial charge is 0.481 e. The summed E-state index contributed by atoms with van der Waals surface area (Å²) in [6.45, 7) is 2.07. The highest BCUT2D eigenvalue weighted by atomic mass is 16.4. The second-order valence-electron chi connectivity index (χ2n) is 6.09. The van der Waals surface area contributed by atoms with E-state index in [0.717, 1.165) is 45.1 Å². The van der Waals surface area contributed by atoms with E-state index in [0.29, 0.717) is 19.0 Å². The summed E-state index contributed by atoms with van der Waals surface area (Å²) in [5, 5.41) is 11.9. The summed E-state index contributed by atoms with van der Waals surface area (Å²) >= 11 is 0. The summed E-state index contributed by atoms with van der Waals surface area (Å²) in [6, 6.07) is 0.0704. The van der Waals surface area contributed by atoms with Gasteiger partial charge < -0.3 is 21.1 Å². The van der Waals surface area contributed by atoms with Crippen LogP contribution in [0.3, 0.4) is 0 Å². The number of piperidine rings is 1. The highest BCUT2D eigenvalue weighted by Crippen LogP contribution is 2.28. The standard InChI is InChI=1S/C14H25N3O3/c15-12-2-1-7-17(9-12)14(20)16-8-10-3-5-11(6-4-10)13(18)19/h10-12H,1-9,15H2,(H,16,20)(H,18,19). The molecular weight excluding hydrogens is 258 g/mol. The fraction of sp³-hybridized carbons (Fsp3) is 0.857. The number of carboxylic acid groups (broad SMARTS) is 1. The molecule has 2 rings (SSSR count). The summed E-state index contributed by atoms with van der Waals surface area (Å²) in [7, 11) is 0. The first kappa shape index (κ1) is 15.1. The van der Waals surface area contributed by atoms with E-state index in [1.54, 1.807) is 4.90 Å². The number of amides is 2. The maximum atomic E-state index is 12.0. The van der Waals surface area contributed by atoms with Crippen LogP contribution in [0.25, 0.3) is 0 Å². The molecule has 2 fully saturated rings. The number of hydrogen-bond donors (Lipinski definition) is 3. The summed E-state index contributed by atoms with van der Waals surface area (Å²) in [6.07, 6.45) is 5.18. The van der Waals surface area contributed by atoms with Gasteiger partial charge in [-0.05, 0) is 44.4 Å². The molecule has 20 heavy (non-hydrogen) atoms. The molecular formula is C14H25N3O3. The molecule has 1 unspecified atom stereocenters. The highest BCUT2D eigenvalue weighted by molar-refractivity contribution is 5.74. The van der Waals surface area contributed by atoms with Gasteiger partial charge in [0.05, 0.1) is 5.92 Å². The fourth-order valence-electron chi connectivity index (χ4n) is 3.15. The molecule has 6 heteroatoms. The molecule has 4 N–H and O–H groups in total. The van der Waals surface area contributed by atoms with Gasteiger partial charge in [0.25, 0.3) is 0 Å². The number of nitrogens with zero attached hydrogens (tertiary/aromatic N) is 1. The second kappa shape index (κ2) is 6.92. The van der Waals surface area contributed by atoms with Crippen molar-refractivity contribution < 1.29 is 14.7 Å². The maximum absolute atomic E-state index is 12.0. The molecule has 1 heterocycles. The van der Waals surface area contributed by atoms with Crippen LogP contribution in [0.4, 0.5) is 4.79 Å². The molecule has 1 saturated carbocycles. The van der Waals surface area contributed by atoms with Crippen molar-refractivity contribution in [1.29, 1.82) is 0 Å². The summed E-state index contributed by atoms with van der Waals surface area (Å²) < 4.78 is 0. The minimum absolute atomic E-state index is 0.0273. The van der Waals surface area contributed by atoms with Gasteiger partial charge in [-0.3, -0.25) is 4.79 Å². The maximum Gasteiger partial charge on any atom is 0.317 e. The molecule has 2 amide bonds. The highest BCUT2D eigenvalue weighted by Gasteiger charge is 2.27. The van der Waals surface area contributed by atoms with Crippen molar-refractivity contribution in [3.8, 4) is 0 Å². The van der Waals surface area contributed by atoms with Gasteiger partial charge in [-0.15, -0.1) is 0 Å². The number of likely N-dealkylation sites (tertiary alicyclic amines) is 1. The topological polar surface area (TPSA) is 95.7 Å². The average molecular weight is 283 g/mol. The fourth-order valence-corrected chi connectivity index (χ4v) is 3.15. The zero-order valence-electron chi connectivity index (χ0n) is 11.9. The van der Waals surface area contributed by atoms with Crippen LogP contribution in [0.1, 0.15) is 38.5 Å². The Balaban J connectivity index is 1.68. The molecule has 1 aliphatic carbocycles. The zero-order chi connectivity index (χ0) is 14.5. The lowest BCUT2D eigenvalue weighted by Gasteiger charge is -2.32. The van der Waals surface area contributed by atoms with E-state index < -0.39 is 5.97 Å². The third kappa shape index (κ3) is 4.10. The molecule has 0 aromatic rings. The minimum atomic E-state index is -0.685. The Kier molecular flexibility index (Phi) is 5.23. The van der Waals surface area contributed by atoms with E-state index in [4.69, 9.17) is 10.8 Å². The van der Waals surface area contributed by atoms with Crippen molar-refractivity contribution in [2.24, 2.45) is 17.6 Å². The molecule has 2 aliphatic rings. The van der Waals surface area contributed by atoms with Gasteiger partial charge in [0.1, 0.15) is 0 Å². The molecule has 1 atom stereocenters. The smallest absolute Gasteiger partial charge is 0.317 e. The Labute approximate surface area is 119 Å². The van der Waals surface area contributed by atoms with E-state index in [1.165, 1.54) is 0 Å². The Bertz CT molecular complexity index is 354. The molecule has 114 valence electrons. The van der Waals surface area contributed by atoms with Gasteiger partial charge in [-0.2, -0.15) is 0 Å². The zero-order valence-corrected chi connectivity index (χ0v) is 11.9. The Hall–Kier alpha value is -1.30. The molecule has 0 aromatic heterocycles. The van der Waals surface area contributed by atoms with E-state index in [-0.39, 0.29) is 18.0 Å². The number of nitrogens with two attached hydrogens (primary N) is 1. The third-order valence-electron chi connectivity index (χ3n) is 4.48. The normalized spacial score (nSPS) is 30.9. The van der Waals surface area contributed by atoms with Crippen molar-refractivity contribution >= 4 is 12.0 Å². The predicted octanol–water partition coefficient (Wildman–Crippen LogP) is 1.01. The Morgan fingerprint density at radius 1 is 1.20 bits per heavy atom. The van der Waals surface area contributed by atoms with Gasteiger partial charge in [0.2, 0.25) is 0 Å². The SMILES string of the molecule is NC1CCCN(C(=O)NCC2CCC(C(=O)O)CC2)C1. The van der Waals surface area contributed by atoms with Gasteiger partial charge in [-0.1, -0.05) is 0 Å². The lowest BCUT2D eigenvalue weighted by molar-refractivity contribution is -0.143. The number of hydrogen-bond acceptors (Lipinski definition) is 3. The van der Waals surface area contributed by atoms with Crippen molar-refractivity contribution in [3.05, 3.63) is 0 Å². The molecule has 1 aliphatic heterocycles. The summed E-state index contributed by atoms with van der Waals surface area (Å²) in [5.41, 5.74) is 5.87. The first-order chi connectivity index (χ1) is 9.56. The van der Waals surface area contributed by atoms with Crippen LogP contribution in [0, 0.1) is 11.8 Å². The van der Waals surface area contributed by atoms with Crippen LogP contribution in [-0.2, 0) is 4.79 Å². The van der Waals surface area contributed by atoms with Crippen LogP contribution in [0.2, 0.25) is 0 Å². The molecule has 1 saturated heterocycles. The number of carbonyl (C=O) groups excluding carboxylic acids is 1. The van der Waals surface area contributed by atoms with Crippen molar-refractivity contribution in [3.63, 3.8) is 0 Å². The van der Waals surface area contributed by atoms with Crippen molar-refractivity contribution in [2.45, 2.75) is 44.6 Å². The van der Waals surface area contributed by atoms with Crippen molar-refractivity contribution in [1.82, 2.24) is 10.2 Å². The van der Waals surface area contributed by atoms with Crippen molar-refractivity contribution in [2.75, 3.05) is 19.6 Å². The molecule has 6 nitrogen and oxygen atoms in total. The number of urea groups is 1. The lowest BCUT2D eigenvalue weighted by atomic mass is 9.82. The minimum Gasteiger partial charge on any atom is -0.481 e. The number of carbonyl (C=O) groups is 2. The van der Waals surface area contributed by atoms with Crippen LogP contribution in [0.5, 0.6) is 0 Å². The Morgan fingerprint density at radius 2 is 1.90 bits per heavy atom. The Morgan fingerprint density at radius 3 is 2.50 bits per heavy atom. The number of carboxylic acids is 1. The number of aliphatic carboxylic acids is 1. The van der Waals surface area contributed by atoms with Crippen LogP contribution in [-0.4, -0.2) is 47.7 Å². The van der Waals surface area contributed by atoms with Gasteiger partial charge in [0.15, 0.2) is 0 Å². The molecule has 0 radical (unpaired) electrons. The summed E-state index contributed by atoms with van der Waals surface area (Å²) in [5.74, 6) is -0.468.